The van der Waals surface area contributed by atoms with E-state index >= 15 is 0 Å². The molecule has 1 aliphatic rings. The molecular weight excluding hydrogens is 430 g/mol. The molecule has 30 heavy (non-hydrogen) atoms. The molecule has 10 heteroatoms. The number of nitrogens with one attached hydrogen (secondary N) is 1. The van der Waals surface area contributed by atoms with Crippen molar-refractivity contribution in [2.45, 2.75) is 31.2 Å². The topological polar surface area (TPSA) is 102 Å². The molecule has 0 atom stereocenters. The largest absolute Gasteiger partial charge is 0.420 e. The summed E-state index contributed by atoms with van der Waals surface area (Å²) in [6.07, 6.45) is 1.65. The fourth-order valence-corrected chi connectivity index (χ4v) is 5.30. The summed E-state index contributed by atoms with van der Waals surface area (Å²) in [6, 6.07) is 9.45. The second-order valence-corrected chi connectivity index (χ2v) is 9.57. The molecule has 0 aliphatic carbocycles. The van der Waals surface area contributed by atoms with Crippen molar-refractivity contribution in [2.75, 3.05) is 18.4 Å². The maximum atomic E-state index is 12.7. The number of hydrogen-bond donors (Lipinski definition) is 1. The molecule has 1 saturated heterocycles. The molecular formula is C20H20ClN3O5S. The first-order valence-electron chi connectivity index (χ1n) is 9.45. The second-order valence-electron chi connectivity index (χ2n) is 7.23. The summed E-state index contributed by atoms with van der Waals surface area (Å²) < 4.78 is 33.2. The number of nitrogens with zero attached hydrogens (tertiary/aromatic N) is 2. The van der Waals surface area contributed by atoms with E-state index in [4.69, 9.17) is 16.0 Å². The minimum absolute atomic E-state index is 0.0636. The molecule has 158 valence electrons. The molecule has 0 unspecified atom stereocenters. The van der Waals surface area contributed by atoms with Crippen LogP contribution in [0.2, 0.25) is 5.02 Å². The number of benzene rings is 2. The molecule has 8 nitrogen and oxygen atoms in total. The molecule has 4 rings (SSSR count). The van der Waals surface area contributed by atoms with Gasteiger partial charge in [0.05, 0.1) is 21.1 Å². The highest BCUT2D eigenvalue weighted by molar-refractivity contribution is 7.89. The highest BCUT2D eigenvalue weighted by Gasteiger charge is 2.28. The summed E-state index contributed by atoms with van der Waals surface area (Å²) in [5.74, 6) is -1.20. The summed E-state index contributed by atoms with van der Waals surface area (Å²) in [4.78, 5) is 24.8. The predicted molar refractivity (Wildman–Crippen MR) is 113 cm³/mol. The van der Waals surface area contributed by atoms with Crippen molar-refractivity contribution in [1.82, 2.24) is 8.87 Å². The molecule has 1 aromatic heterocycles. The Labute approximate surface area is 178 Å². The highest BCUT2D eigenvalue weighted by Crippen LogP contribution is 2.25. The fraction of sp³-hybridized carbons (Fsp3) is 0.300. The molecule has 1 aliphatic heterocycles. The monoisotopic (exact) mass is 449 g/mol. The van der Waals surface area contributed by atoms with Crippen LogP contribution in [-0.4, -0.2) is 36.3 Å². The lowest BCUT2D eigenvalue weighted by Crippen LogP contribution is -2.27. The molecule has 2 aromatic carbocycles. The number of sulfonamides is 1. The summed E-state index contributed by atoms with van der Waals surface area (Å²) in [6.45, 7) is 2.54. The van der Waals surface area contributed by atoms with Crippen molar-refractivity contribution < 1.29 is 17.6 Å². The van der Waals surface area contributed by atoms with Crippen molar-refractivity contribution in [2.24, 2.45) is 0 Å². The lowest BCUT2D eigenvalue weighted by molar-refractivity contribution is -0.116. The van der Waals surface area contributed by atoms with Crippen LogP contribution in [-0.2, 0) is 21.4 Å². The van der Waals surface area contributed by atoms with Gasteiger partial charge in [0.1, 0.15) is 6.54 Å². The molecule has 1 fully saturated rings. The smallest absolute Gasteiger partial charge is 0.408 e. The van der Waals surface area contributed by atoms with Gasteiger partial charge in [-0.25, -0.2) is 13.2 Å². The molecule has 0 radical (unpaired) electrons. The SMILES string of the molecule is Cc1ccc(NC(=O)Cn2c(=O)oc3cc(S(=O)(=O)N4CCCC4)ccc32)c(Cl)c1. The van der Waals surface area contributed by atoms with Crippen molar-refractivity contribution in [3.8, 4) is 0 Å². The summed E-state index contributed by atoms with van der Waals surface area (Å²) >= 11 is 6.13. The van der Waals surface area contributed by atoms with Gasteiger partial charge in [-0.05, 0) is 49.6 Å². The number of anilines is 1. The Morgan fingerprint density at radius 3 is 2.60 bits per heavy atom. The number of oxazole rings is 1. The molecule has 0 saturated carbocycles. The van der Waals surface area contributed by atoms with Crippen LogP contribution in [0, 0.1) is 6.92 Å². The van der Waals surface area contributed by atoms with Crippen LogP contribution in [0.1, 0.15) is 18.4 Å². The zero-order chi connectivity index (χ0) is 21.5. The standard InChI is InChI=1S/C20H20ClN3O5S/c1-13-4-6-16(15(21)10-13)22-19(25)12-24-17-7-5-14(11-18(17)29-20(24)26)30(27,28)23-8-2-3-9-23/h4-7,10-11H,2-3,8-9,12H2,1H3,(H,22,25). The number of hydrogen-bond acceptors (Lipinski definition) is 5. The third-order valence-corrected chi connectivity index (χ3v) is 7.25. The number of rotatable bonds is 5. The van der Waals surface area contributed by atoms with E-state index in [9.17, 15) is 18.0 Å². The van der Waals surface area contributed by atoms with E-state index in [1.165, 1.54) is 22.5 Å². The van der Waals surface area contributed by atoms with E-state index < -0.39 is 21.7 Å². The number of halogens is 1. The number of carbonyl (C=O) groups excluding carboxylic acids is 1. The van der Waals surface area contributed by atoms with E-state index in [2.05, 4.69) is 5.32 Å². The quantitative estimate of drug-likeness (QED) is 0.645. The summed E-state index contributed by atoms with van der Waals surface area (Å²) in [5, 5.41) is 3.06. The Morgan fingerprint density at radius 1 is 1.17 bits per heavy atom. The molecule has 0 bridgehead atoms. The van der Waals surface area contributed by atoms with Gasteiger partial charge in [0.2, 0.25) is 15.9 Å². The van der Waals surface area contributed by atoms with E-state index in [1.807, 2.05) is 13.0 Å². The van der Waals surface area contributed by atoms with Crippen molar-refractivity contribution in [3.05, 3.63) is 57.5 Å². The van der Waals surface area contributed by atoms with Gasteiger partial charge in [-0.15, -0.1) is 0 Å². The van der Waals surface area contributed by atoms with Crippen LogP contribution in [0.25, 0.3) is 11.1 Å². The Balaban J connectivity index is 1.60. The number of carbonyl (C=O) groups is 1. The zero-order valence-electron chi connectivity index (χ0n) is 16.2. The van der Waals surface area contributed by atoms with Gasteiger partial charge in [-0.1, -0.05) is 17.7 Å². The Hall–Kier alpha value is -2.62. The van der Waals surface area contributed by atoms with E-state index in [1.54, 1.807) is 12.1 Å². The molecule has 1 N–H and O–H groups in total. The van der Waals surface area contributed by atoms with E-state index in [-0.39, 0.29) is 17.0 Å². The highest BCUT2D eigenvalue weighted by atomic mass is 35.5. The molecule has 3 aromatic rings. The van der Waals surface area contributed by atoms with Gasteiger partial charge < -0.3 is 9.73 Å². The summed E-state index contributed by atoms with van der Waals surface area (Å²) in [5.41, 5.74) is 1.84. The average molecular weight is 450 g/mol. The lowest BCUT2D eigenvalue weighted by atomic mass is 10.2. The van der Waals surface area contributed by atoms with Crippen molar-refractivity contribution in [3.63, 3.8) is 0 Å². The first-order chi connectivity index (χ1) is 14.3. The van der Waals surface area contributed by atoms with Crippen LogP contribution >= 0.6 is 11.6 Å². The van der Waals surface area contributed by atoms with Gasteiger partial charge in [-0.2, -0.15) is 4.31 Å². The second kappa shape index (κ2) is 7.90. The zero-order valence-corrected chi connectivity index (χ0v) is 17.8. The van der Waals surface area contributed by atoms with Crippen LogP contribution in [0.3, 0.4) is 0 Å². The van der Waals surface area contributed by atoms with E-state index in [0.29, 0.717) is 29.3 Å². The number of aromatic nitrogens is 1. The first-order valence-corrected chi connectivity index (χ1v) is 11.3. The minimum atomic E-state index is -3.64. The Kier molecular flexibility index (Phi) is 5.44. The summed E-state index contributed by atoms with van der Waals surface area (Å²) in [7, 11) is -3.64. The molecule has 1 amide bonds. The lowest BCUT2D eigenvalue weighted by Gasteiger charge is -2.15. The predicted octanol–water partition coefficient (Wildman–Crippen LogP) is 2.98. The number of amides is 1. The van der Waals surface area contributed by atoms with Gasteiger partial charge in [0, 0.05) is 19.2 Å². The van der Waals surface area contributed by atoms with Crippen LogP contribution in [0.4, 0.5) is 5.69 Å². The third kappa shape index (κ3) is 3.88. The average Bonchev–Trinajstić information content (AvgIpc) is 3.33. The van der Waals surface area contributed by atoms with Gasteiger partial charge in [0.25, 0.3) is 0 Å². The van der Waals surface area contributed by atoms with Gasteiger partial charge in [-0.3, -0.25) is 9.36 Å². The maximum Gasteiger partial charge on any atom is 0.420 e. The third-order valence-electron chi connectivity index (χ3n) is 5.04. The van der Waals surface area contributed by atoms with Crippen LogP contribution in [0.15, 0.2) is 50.5 Å². The number of aryl methyl sites for hydroxylation is 1. The van der Waals surface area contributed by atoms with Crippen LogP contribution < -0.4 is 11.1 Å². The van der Waals surface area contributed by atoms with E-state index in [0.717, 1.165) is 23.0 Å². The van der Waals surface area contributed by atoms with Crippen molar-refractivity contribution >= 4 is 44.3 Å². The van der Waals surface area contributed by atoms with Gasteiger partial charge >= 0.3 is 5.76 Å². The molecule has 0 spiro atoms. The van der Waals surface area contributed by atoms with Crippen molar-refractivity contribution in [1.29, 1.82) is 0 Å². The van der Waals surface area contributed by atoms with Gasteiger partial charge in [0.15, 0.2) is 5.58 Å². The maximum absolute atomic E-state index is 12.7. The Bertz CT molecular complexity index is 1290. The Morgan fingerprint density at radius 2 is 1.90 bits per heavy atom. The first kappa shape index (κ1) is 20.6. The fourth-order valence-electron chi connectivity index (χ4n) is 3.49. The van der Waals surface area contributed by atoms with Crippen LogP contribution in [0.5, 0.6) is 0 Å². The minimum Gasteiger partial charge on any atom is -0.408 e. The number of fused-ring (bicyclic) bond motifs is 1. The normalized spacial score (nSPS) is 15.0. The molecule has 2 heterocycles.